The van der Waals surface area contributed by atoms with Crippen LogP contribution >= 0.6 is 0 Å². The molecule has 20 nitrogen and oxygen atoms in total. The van der Waals surface area contributed by atoms with E-state index in [1.165, 1.54) is 0 Å². The van der Waals surface area contributed by atoms with E-state index in [2.05, 4.69) is 26.4 Å². The number of aryl methyl sites for hydroxylation is 2. The molecule has 2 amide bonds. The van der Waals surface area contributed by atoms with Crippen LogP contribution in [0.3, 0.4) is 0 Å². The van der Waals surface area contributed by atoms with E-state index >= 15 is 0 Å². The van der Waals surface area contributed by atoms with E-state index in [0.29, 0.717) is 76.2 Å². The van der Waals surface area contributed by atoms with Gasteiger partial charge in [-0.3, -0.25) is 9.59 Å². The van der Waals surface area contributed by atoms with E-state index in [9.17, 15) is 34.8 Å². The van der Waals surface area contributed by atoms with Crippen LogP contribution < -0.4 is 9.47 Å². The van der Waals surface area contributed by atoms with E-state index in [1.807, 2.05) is 19.9 Å². The van der Waals surface area contributed by atoms with Crippen molar-refractivity contribution in [3.63, 3.8) is 0 Å². The maximum Gasteiger partial charge on any atom is 0.410 e. The smallest absolute Gasteiger partial charge is 0.410 e. The van der Waals surface area contributed by atoms with Crippen molar-refractivity contribution in [2.45, 2.75) is 174 Å². The van der Waals surface area contributed by atoms with Crippen molar-refractivity contribution in [2.24, 2.45) is 11.8 Å². The molecule has 4 aliphatic rings. The topological polar surface area (TPSA) is 267 Å². The first kappa shape index (κ1) is 53.6. The summed E-state index contributed by atoms with van der Waals surface area (Å²) in [5, 5.41) is 36.8. The van der Waals surface area contributed by atoms with Crippen LogP contribution in [0.25, 0.3) is 22.9 Å². The number of aromatic nitrogens is 4. The average molecular weight is 1010 g/mol. The maximum absolute atomic E-state index is 12.6. The summed E-state index contributed by atoms with van der Waals surface area (Å²) in [5.74, 6) is -0.371. The molecular weight excluding hydrogens is 941 g/mol. The number of hydrogen-bond acceptors (Lipinski definition) is 17. The van der Waals surface area contributed by atoms with Gasteiger partial charge in [-0.2, -0.15) is 10.5 Å². The van der Waals surface area contributed by atoms with Crippen LogP contribution in [0.5, 0.6) is 11.5 Å². The van der Waals surface area contributed by atoms with Gasteiger partial charge in [0, 0.05) is 26.2 Å². The molecule has 73 heavy (non-hydrogen) atoms. The highest BCUT2D eigenvalue weighted by molar-refractivity contribution is 5.73. The Bertz CT molecular complexity index is 2660. The van der Waals surface area contributed by atoms with Gasteiger partial charge in [-0.05, 0) is 129 Å². The summed E-state index contributed by atoms with van der Waals surface area (Å²) in [6, 6.07) is 11.2. The lowest BCUT2D eigenvalue weighted by atomic mass is 9.87. The van der Waals surface area contributed by atoms with Gasteiger partial charge in [0.2, 0.25) is 0 Å². The van der Waals surface area contributed by atoms with Gasteiger partial charge in [0.05, 0.1) is 52.7 Å². The molecule has 0 spiro atoms. The molecule has 4 fully saturated rings. The first-order valence-electron chi connectivity index (χ1n) is 25.4. The molecule has 390 valence electrons. The van der Waals surface area contributed by atoms with Gasteiger partial charge in [0.15, 0.2) is 34.4 Å². The van der Waals surface area contributed by atoms with E-state index in [-0.39, 0.29) is 73.0 Å². The summed E-state index contributed by atoms with van der Waals surface area (Å²) in [4.78, 5) is 61.0. The van der Waals surface area contributed by atoms with Crippen LogP contribution in [0, 0.1) is 48.3 Å². The van der Waals surface area contributed by atoms with Crippen LogP contribution in [0.2, 0.25) is 0 Å². The largest absolute Gasteiger partial charge is 0.487 e. The van der Waals surface area contributed by atoms with Crippen LogP contribution in [0.1, 0.15) is 150 Å². The molecule has 4 aromatic heterocycles. The predicted octanol–water partition coefficient (Wildman–Crippen LogP) is 9.77. The monoisotopic (exact) mass is 1010 g/mol. The minimum Gasteiger partial charge on any atom is -0.487 e. The van der Waals surface area contributed by atoms with Crippen LogP contribution in [0.15, 0.2) is 33.3 Å². The third kappa shape index (κ3) is 13.6. The summed E-state index contributed by atoms with van der Waals surface area (Å²) in [5.41, 5.74) is 3.27. The SMILES string of the molecule is Cc1noc(-c2ccc(O[C@H]3CCC[C@H](C(=O)O)C3)c(C#N)n2)c1COC(=O)N(C)C1CCCC1.Cc1noc(-c2ccc(O[C@H]3CCC[C@H](C(=O)OC(C)C)C3)c(C#N)n2)c1COC(=O)N(C)C1CCCC1. The zero-order valence-corrected chi connectivity index (χ0v) is 42.6. The van der Waals surface area contributed by atoms with Gasteiger partial charge in [0.1, 0.15) is 36.7 Å². The van der Waals surface area contributed by atoms with Gasteiger partial charge in [0.25, 0.3) is 0 Å². The zero-order chi connectivity index (χ0) is 52.2. The molecule has 0 radical (unpaired) electrons. The number of carboxylic acids is 1. The lowest BCUT2D eigenvalue weighted by molar-refractivity contribution is -0.154. The number of pyridine rings is 2. The van der Waals surface area contributed by atoms with Gasteiger partial charge in [-0.1, -0.05) is 36.0 Å². The Morgan fingerprint density at radius 2 is 1.08 bits per heavy atom. The minimum atomic E-state index is -0.823. The molecule has 1 N–H and O–H groups in total. The molecule has 0 bridgehead atoms. The lowest BCUT2D eigenvalue weighted by Crippen LogP contribution is -2.35. The second kappa shape index (κ2) is 24.9. The van der Waals surface area contributed by atoms with Crippen molar-refractivity contribution in [3.05, 3.63) is 58.2 Å². The molecule has 0 unspecified atom stereocenters. The second-order valence-corrected chi connectivity index (χ2v) is 19.7. The molecule has 4 aromatic rings. The fourth-order valence-corrected chi connectivity index (χ4v) is 10.00. The first-order valence-corrected chi connectivity index (χ1v) is 25.4. The van der Waals surface area contributed by atoms with Crippen LogP contribution in [-0.4, -0.2) is 104 Å². The summed E-state index contributed by atoms with van der Waals surface area (Å²) in [6.45, 7) is 7.15. The lowest BCUT2D eigenvalue weighted by Gasteiger charge is -2.29. The van der Waals surface area contributed by atoms with Gasteiger partial charge in [-0.25, -0.2) is 19.6 Å². The molecule has 4 atom stereocenters. The Hall–Kier alpha value is -7.22. The number of carbonyl (C=O) groups excluding carboxylic acids is 3. The van der Waals surface area contributed by atoms with E-state index in [1.54, 1.807) is 62.0 Å². The summed E-state index contributed by atoms with van der Waals surface area (Å²) >= 11 is 0. The number of nitriles is 2. The number of ether oxygens (including phenoxy) is 5. The Balaban J connectivity index is 0.000000214. The van der Waals surface area contributed by atoms with E-state index < -0.39 is 18.0 Å². The van der Waals surface area contributed by atoms with Crippen molar-refractivity contribution in [1.82, 2.24) is 30.1 Å². The molecule has 0 aromatic carbocycles. The van der Waals surface area contributed by atoms with E-state index in [4.69, 9.17) is 32.7 Å². The third-order valence-electron chi connectivity index (χ3n) is 14.2. The number of carbonyl (C=O) groups is 4. The number of amides is 2. The molecular formula is C53H66N8O12. The summed E-state index contributed by atoms with van der Waals surface area (Å²) in [7, 11) is 3.52. The summed E-state index contributed by atoms with van der Waals surface area (Å²) in [6.07, 6.45) is 12.4. The zero-order valence-electron chi connectivity index (χ0n) is 42.6. The number of esters is 1. The van der Waals surface area contributed by atoms with Crippen molar-refractivity contribution < 1.29 is 57.0 Å². The van der Waals surface area contributed by atoms with E-state index in [0.717, 1.165) is 83.5 Å². The number of nitrogens with zero attached hydrogens (tertiary/aromatic N) is 8. The Labute approximate surface area is 425 Å². The number of rotatable bonds is 15. The third-order valence-corrected chi connectivity index (χ3v) is 14.2. The van der Waals surface area contributed by atoms with Gasteiger partial charge >= 0.3 is 24.1 Å². The number of carboxylic acid groups (broad SMARTS) is 1. The highest BCUT2D eigenvalue weighted by Crippen LogP contribution is 2.35. The fraction of sp³-hybridized carbons (Fsp3) is 0.585. The molecule has 20 heteroatoms. The number of hydrogen-bond donors (Lipinski definition) is 1. The minimum absolute atomic E-state index is 0.0156. The standard InChI is InChI=1S/C28H36N4O6.C25H30N4O6/c1-17(2)36-27(33)19-8-7-11-21(14-19)37-25-13-12-23(30-24(25)15-29)26-22(18(3)31-38-26)16-35-28(34)32(4)20-9-5-6-10-20;1-15-19(14-33-25(32)29(2)17-7-3-4-8-17)23(35-28-15)20-10-11-22(21(13-26)27-20)34-18-9-5-6-16(12-18)24(30)31/h12-13,17,19-21H,5-11,14,16H2,1-4H3;10-11,16-18H,3-9,12,14H2,1-2H3,(H,30,31)/t19-,21-;16-,18-/m00/s1. The highest BCUT2D eigenvalue weighted by Gasteiger charge is 2.33. The van der Waals surface area contributed by atoms with Gasteiger partial charge in [-0.15, -0.1) is 0 Å². The molecule has 0 saturated heterocycles. The fourth-order valence-electron chi connectivity index (χ4n) is 10.00. The normalized spacial score (nSPS) is 20.0. The molecule has 4 heterocycles. The average Bonchev–Trinajstić information content (AvgIpc) is 4.25. The van der Waals surface area contributed by atoms with Crippen molar-refractivity contribution in [1.29, 1.82) is 10.5 Å². The first-order chi connectivity index (χ1) is 35.1. The Kier molecular flexibility index (Phi) is 18.3. The Morgan fingerprint density at radius 1 is 0.658 bits per heavy atom. The Morgan fingerprint density at radius 3 is 1.49 bits per heavy atom. The predicted molar refractivity (Wildman–Crippen MR) is 260 cm³/mol. The van der Waals surface area contributed by atoms with Crippen molar-refractivity contribution in [2.75, 3.05) is 14.1 Å². The molecule has 0 aliphatic heterocycles. The van der Waals surface area contributed by atoms with Crippen LogP contribution in [0.4, 0.5) is 9.59 Å². The molecule has 8 rings (SSSR count). The van der Waals surface area contributed by atoms with Crippen molar-refractivity contribution in [3.8, 4) is 46.5 Å². The van der Waals surface area contributed by atoms with Gasteiger partial charge < -0.3 is 47.6 Å². The summed E-state index contributed by atoms with van der Waals surface area (Å²) < 4.78 is 39.6. The maximum atomic E-state index is 12.6. The van der Waals surface area contributed by atoms with Crippen molar-refractivity contribution >= 4 is 24.1 Å². The quantitative estimate of drug-likeness (QED) is 0.0857. The number of aliphatic carboxylic acids is 1. The highest BCUT2D eigenvalue weighted by atomic mass is 16.6. The molecule has 4 aliphatic carbocycles. The molecule has 4 saturated carbocycles. The van der Waals surface area contributed by atoms with Crippen LogP contribution in [-0.2, 0) is 37.0 Å². The second-order valence-electron chi connectivity index (χ2n) is 19.7.